The van der Waals surface area contributed by atoms with Crippen LogP contribution in [0.15, 0.2) is 28.7 Å². The molecule has 1 rings (SSSR count). The summed E-state index contributed by atoms with van der Waals surface area (Å²) in [5.74, 6) is 0.00184. The minimum atomic E-state index is -3.26. The van der Waals surface area contributed by atoms with Gasteiger partial charge in [0, 0.05) is 17.6 Å². The maximum Gasteiger partial charge on any atom is 0.215 e. The minimum absolute atomic E-state index is 0.00184. The van der Waals surface area contributed by atoms with Gasteiger partial charge in [0.05, 0.1) is 5.75 Å². The second-order valence-corrected chi connectivity index (χ2v) is 6.71. The molecule has 0 amide bonds. The zero-order valence-electron chi connectivity index (χ0n) is 9.98. The molecule has 96 valence electrons. The second kappa shape index (κ2) is 6.49. The molecule has 1 aromatic carbocycles. The van der Waals surface area contributed by atoms with E-state index in [4.69, 9.17) is 0 Å². The molecular formula is C11H17BrN2O2S. The molecule has 0 aromatic heterocycles. The third-order valence-electron chi connectivity index (χ3n) is 2.18. The lowest BCUT2D eigenvalue weighted by Gasteiger charge is -2.11. The van der Waals surface area contributed by atoms with Crippen LogP contribution < -0.4 is 4.72 Å². The van der Waals surface area contributed by atoms with Crippen LogP contribution >= 0.6 is 15.9 Å². The number of benzene rings is 1. The Balaban J connectivity index is 2.58. The number of likely N-dealkylation sites (N-methyl/N-ethyl adjacent to an activating group) is 1. The molecule has 0 heterocycles. The van der Waals surface area contributed by atoms with E-state index in [1.165, 1.54) is 0 Å². The average Bonchev–Trinajstić information content (AvgIpc) is 2.20. The first-order valence-corrected chi connectivity index (χ1v) is 7.71. The van der Waals surface area contributed by atoms with Gasteiger partial charge in [0.25, 0.3) is 0 Å². The summed E-state index contributed by atoms with van der Waals surface area (Å²) < 4.78 is 27.0. The SMILES string of the molecule is CN(C)CCNS(=O)(=O)Cc1ccccc1Br. The summed E-state index contributed by atoms with van der Waals surface area (Å²) in [4.78, 5) is 1.93. The Morgan fingerprint density at radius 2 is 1.94 bits per heavy atom. The van der Waals surface area contributed by atoms with Crippen molar-refractivity contribution >= 4 is 26.0 Å². The van der Waals surface area contributed by atoms with E-state index in [-0.39, 0.29) is 5.75 Å². The Labute approximate surface area is 111 Å². The first-order valence-electron chi connectivity index (χ1n) is 5.26. The van der Waals surface area contributed by atoms with Crippen molar-refractivity contribution in [3.63, 3.8) is 0 Å². The van der Waals surface area contributed by atoms with Gasteiger partial charge in [0.2, 0.25) is 10.0 Å². The molecule has 0 aliphatic heterocycles. The van der Waals surface area contributed by atoms with Crippen LogP contribution in [-0.2, 0) is 15.8 Å². The fourth-order valence-electron chi connectivity index (χ4n) is 1.30. The van der Waals surface area contributed by atoms with Crippen LogP contribution in [0.25, 0.3) is 0 Å². The van der Waals surface area contributed by atoms with Crippen molar-refractivity contribution in [3.05, 3.63) is 34.3 Å². The quantitative estimate of drug-likeness (QED) is 0.862. The topological polar surface area (TPSA) is 49.4 Å². The van der Waals surface area contributed by atoms with Gasteiger partial charge in [-0.15, -0.1) is 0 Å². The number of nitrogens with one attached hydrogen (secondary N) is 1. The molecule has 0 bridgehead atoms. The van der Waals surface area contributed by atoms with Crippen molar-refractivity contribution in [1.82, 2.24) is 9.62 Å². The molecular weight excluding hydrogens is 304 g/mol. The van der Waals surface area contributed by atoms with Gasteiger partial charge >= 0.3 is 0 Å². The molecule has 17 heavy (non-hydrogen) atoms. The Morgan fingerprint density at radius 1 is 1.29 bits per heavy atom. The van der Waals surface area contributed by atoms with Crippen molar-refractivity contribution in [3.8, 4) is 0 Å². The van der Waals surface area contributed by atoms with Crippen molar-refractivity contribution in [2.75, 3.05) is 27.2 Å². The molecule has 0 aliphatic carbocycles. The first kappa shape index (κ1) is 14.6. The summed E-state index contributed by atoms with van der Waals surface area (Å²) >= 11 is 3.34. The number of rotatable bonds is 6. The Bertz CT molecular complexity index is 460. The molecule has 0 radical (unpaired) electrons. The molecule has 0 fully saturated rings. The lowest BCUT2D eigenvalue weighted by Crippen LogP contribution is -2.32. The van der Waals surface area contributed by atoms with E-state index >= 15 is 0 Å². The Morgan fingerprint density at radius 3 is 2.53 bits per heavy atom. The van der Waals surface area contributed by atoms with E-state index in [0.29, 0.717) is 13.1 Å². The Kier molecular flexibility index (Phi) is 5.58. The normalized spacial score (nSPS) is 12.0. The number of sulfonamides is 1. The van der Waals surface area contributed by atoms with Crippen LogP contribution in [-0.4, -0.2) is 40.5 Å². The predicted octanol–water partition coefficient (Wildman–Crippen LogP) is 1.43. The van der Waals surface area contributed by atoms with Gasteiger partial charge < -0.3 is 4.90 Å². The van der Waals surface area contributed by atoms with Crippen LogP contribution in [0.3, 0.4) is 0 Å². The largest absolute Gasteiger partial charge is 0.308 e. The Hall–Kier alpha value is -0.430. The van der Waals surface area contributed by atoms with E-state index in [9.17, 15) is 8.42 Å². The summed E-state index contributed by atoms with van der Waals surface area (Å²) in [7, 11) is 0.550. The average molecular weight is 321 g/mol. The smallest absolute Gasteiger partial charge is 0.215 e. The molecule has 0 saturated heterocycles. The summed E-state index contributed by atoms with van der Waals surface area (Å²) in [5.41, 5.74) is 0.768. The van der Waals surface area contributed by atoms with Gasteiger partial charge in [0.1, 0.15) is 0 Å². The monoisotopic (exact) mass is 320 g/mol. The number of halogens is 1. The van der Waals surface area contributed by atoms with Crippen LogP contribution in [0, 0.1) is 0 Å². The van der Waals surface area contributed by atoms with Crippen LogP contribution in [0.4, 0.5) is 0 Å². The predicted molar refractivity (Wildman–Crippen MR) is 73.3 cm³/mol. The van der Waals surface area contributed by atoms with Crippen molar-refractivity contribution in [2.45, 2.75) is 5.75 Å². The highest BCUT2D eigenvalue weighted by Gasteiger charge is 2.12. The third kappa shape index (κ3) is 5.63. The van der Waals surface area contributed by atoms with Crippen molar-refractivity contribution in [2.24, 2.45) is 0 Å². The summed E-state index contributed by atoms with van der Waals surface area (Å²) in [6, 6.07) is 7.33. The highest BCUT2D eigenvalue weighted by Crippen LogP contribution is 2.17. The van der Waals surface area contributed by atoms with Crippen molar-refractivity contribution < 1.29 is 8.42 Å². The molecule has 4 nitrogen and oxygen atoms in total. The molecule has 0 unspecified atom stereocenters. The van der Waals surface area contributed by atoms with Crippen LogP contribution in [0.5, 0.6) is 0 Å². The molecule has 6 heteroatoms. The van der Waals surface area contributed by atoms with Gasteiger partial charge in [-0.1, -0.05) is 34.1 Å². The molecule has 1 N–H and O–H groups in total. The zero-order chi connectivity index (χ0) is 12.9. The number of hydrogen-bond donors (Lipinski definition) is 1. The maximum atomic E-state index is 11.8. The van der Waals surface area contributed by atoms with E-state index in [1.807, 2.05) is 37.2 Å². The summed E-state index contributed by atoms with van der Waals surface area (Å²) in [5, 5.41) is 0. The highest BCUT2D eigenvalue weighted by atomic mass is 79.9. The lowest BCUT2D eigenvalue weighted by molar-refractivity contribution is 0.412. The fourth-order valence-corrected chi connectivity index (χ4v) is 3.07. The van der Waals surface area contributed by atoms with E-state index in [2.05, 4.69) is 20.7 Å². The van der Waals surface area contributed by atoms with E-state index in [0.717, 1.165) is 10.0 Å². The van der Waals surface area contributed by atoms with Gasteiger partial charge in [-0.25, -0.2) is 13.1 Å². The molecule has 1 aromatic rings. The molecule has 0 aliphatic rings. The summed E-state index contributed by atoms with van der Waals surface area (Å²) in [6.45, 7) is 1.12. The highest BCUT2D eigenvalue weighted by molar-refractivity contribution is 9.10. The van der Waals surface area contributed by atoms with E-state index < -0.39 is 10.0 Å². The van der Waals surface area contributed by atoms with Crippen LogP contribution in [0.1, 0.15) is 5.56 Å². The molecule has 0 spiro atoms. The van der Waals surface area contributed by atoms with Gasteiger partial charge in [0.15, 0.2) is 0 Å². The second-order valence-electron chi connectivity index (χ2n) is 4.05. The number of hydrogen-bond acceptors (Lipinski definition) is 3. The molecule has 0 saturated carbocycles. The maximum absolute atomic E-state index is 11.8. The first-order chi connectivity index (χ1) is 7.91. The van der Waals surface area contributed by atoms with Crippen LogP contribution in [0.2, 0.25) is 0 Å². The lowest BCUT2D eigenvalue weighted by atomic mass is 10.2. The minimum Gasteiger partial charge on any atom is -0.308 e. The molecule has 0 atom stereocenters. The zero-order valence-corrected chi connectivity index (χ0v) is 12.4. The van der Waals surface area contributed by atoms with Crippen molar-refractivity contribution in [1.29, 1.82) is 0 Å². The van der Waals surface area contributed by atoms with Gasteiger partial charge in [-0.2, -0.15) is 0 Å². The standard InChI is InChI=1S/C11H17BrN2O2S/c1-14(2)8-7-13-17(15,16)9-10-5-3-4-6-11(10)12/h3-6,13H,7-9H2,1-2H3. The summed E-state index contributed by atoms with van der Waals surface area (Å²) in [6.07, 6.45) is 0. The van der Waals surface area contributed by atoms with E-state index in [1.54, 1.807) is 6.07 Å². The fraction of sp³-hybridized carbons (Fsp3) is 0.455. The van der Waals surface area contributed by atoms with Gasteiger partial charge in [-0.05, 0) is 25.7 Å². The number of nitrogens with zero attached hydrogens (tertiary/aromatic N) is 1. The third-order valence-corrected chi connectivity index (χ3v) is 4.29. The van der Waals surface area contributed by atoms with Gasteiger partial charge in [-0.3, -0.25) is 0 Å².